The highest BCUT2D eigenvalue weighted by Gasteiger charge is 2.09. The maximum Gasteiger partial charge on any atom is 0.0606 e. The quantitative estimate of drug-likeness (QED) is 0.710. The second-order valence-corrected chi connectivity index (χ2v) is 5.01. The van der Waals surface area contributed by atoms with E-state index in [-0.39, 0.29) is 0 Å². The SMILES string of the molecule is Clc1cs[c]c1-c1sccc1Br. The van der Waals surface area contributed by atoms with Crippen LogP contribution in [0.15, 0.2) is 21.3 Å². The number of halogens is 2. The zero-order valence-corrected chi connectivity index (χ0v) is 9.78. The zero-order valence-electron chi connectivity index (χ0n) is 5.80. The topological polar surface area (TPSA) is 0 Å². The minimum atomic E-state index is 0.781. The van der Waals surface area contributed by atoms with E-state index in [0.29, 0.717) is 0 Å². The largest absolute Gasteiger partial charge is 0.142 e. The fourth-order valence-electron chi connectivity index (χ4n) is 0.875. The molecule has 0 saturated carbocycles. The summed E-state index contributed by atoms with van der Waals surface area (Å²) in [7, 11) is 0. The van der Waals surface area contributed by atoms with E-state index < -0.39 is 0 Å². The molecule has 0 aliphatic carbocycles. The molecule has 1 radical (unpaired) electrons. The second-order valence-electron chi connectivity index (χ2n) is 2.16. The molecule has 2 heterocycles. The van der Waals surface area contributed by atoms with Crippen LogP contribution >= 0.6 is 50.2 Å². The van der Waals surface area contributed by atoms with Crippen LogP contribution in [0.3, 0.4) is 0 Å². The fourth-order valence-corrected chi connectivity index (χ4v) is 3.52. The van der Waals surface area contributed by atoms with E-state index in [4.69, 9.17) is 11.6 Å². The molecule has 0 fully saturated rings. The van der Waals surface area contributed by atoms with Gasteiger partial charge in [0, 0.05) is 15.4 Å². The maximum absolute atomic E-state index is 5.97. The average Bonchev–Trinajstić information content (AvgIpc) is 2.59. The summed E-state index contributed by atoms with van der Waals surface area (Å²) >= 11 is 12.6. The van der Waals surface area contributed by atoms with Crippen LogP contribution in [0.25, 0.3) is 10.4 Å². The lowest BCUT2D eigenvalue weighted by atomic mass is 10.3. The molecule has 61 valence electrons. The molecule has 0 unspecified atom stereocenters. The Hall–Kier alpha value is 0.170. The van der Waals surface area contributed by atoms with Crippen LogP contribution in [0.4, 0.5) is 0 Å². The Morgan fingerprint density at radius 2 is 2.33 bits per heavy atom. The van der Waals surface area contributed by atoms with Gasteiger partial charge in [0.2, 0.25) is 0 Å². The van der Waals surface area contributed by atoms with Crippen molar-refractivity contribution < 1.29 is 0 Å². The van der Waals surface area contributed by atoms with Gasteiger partial charge < -0.3 is 0 Å². The van der Waals surface area contributed by atoms with Crippen molar-refractivity contribution in [3.05, 3.63) is 31.7 Å². The summed E-state index contributed by atoms with van der Waals surface area (Å²) in [5.74, 6) is 0. The van der Waals surface area contributed by atoms with Crippen molar-refractivity contribution in [3.63, 3.8) is 0 Å². The van der Waals surface area contributed by atoms with Gasteiger partial charge in [0.15, 0.2) is 0 Å². The molecule has 2 rings (SSSR count). The molecule has 0 amide bonds. The van der Waals surface area contributed by atoms with E-state index in [0.717, 1.165) is 19.9 Å². The lowest BCUT2D eigenvalue weighted by Crippen LogP contribution is -1.67. The summed E-state index contributed by atoms with van der Waals surface area (Å²) < 4.78 is 1.09. The highest BCUT2D eigenvalue weighted by atomic mass is 79.9. The van der Waals surface area contributed by atoms with Gasteiger partial charge in [-0.1, -0.05) is 11.6 Å². The lowest BCUT2D eigenvalue weighted by Gasteiger charge is -1.93. The maximum atomic E-state index is 5.97. The van der Waals surface area contributed by atoms with Crippen LogP contribution in [0.1, 0.15) is 0 Å². The molecule has 0 nitrogen and oxygen atoms in total. The van der Waals surface area contributed by atoms with Crippen molar-refractivity contribution in [1.82, 2.24) is 0 Å². The third-order valence-electron chi connectivity index (χ3n) is 1.41. The smallest absolute Gasteiger partial charge is 0.0606 e. The number of rotatable bonds is 1. The summed E-state index contributed by atoms with van der Waals surface area (Å²) in [5, 5.41) is 7.84. The van der Waals surface area contributed by atoms with Gasteiger partial charge in [-0.3, -0.25) is 0 Å². The Morgan fingerprint density at radius 3 is 2.83 bits per heavy atom. The molecule has 0 spiro atoms. The number of thiophene rings is 2. The van der Waals surface area contributed by atoms with Crippen LogP contribution < -0.4 is 0 Å². The average molecular weight is 279 g/mol. The molecule has 4 heteroatoms. The van der Waals surface area contributed by atoms with Gasteiger partial charge in [-0.2, -0.15) is 0 Å². The van der Waals surface area contributed by atoms with Crippen LogP contribution in [-0.2, 0) is 0 Å². The molecule has 0 aliphatic heterocycles. The lowest BCUT2D eigenvalue weighted by molar-refractivity contribution is 1.81. The molecule has 0 aliphatic rings. The summed E-state index contributed by atoms with van der Waals surface area (Å²) in [5.41, 5.74) is 1.00. The van der Waals surface area contributed by atoms with Crippen molar-refractivity contribution >= 4 is 50.2 Å². The zero-order chi connectivity index (χ0) is 8.55. The number of hydrogen-bond donors (Lipinski definition) is 0. The Labute approximate surface area is 91.9 Å². The van der Waals surface area contributed by atoms with Crippen molar-refractivity contribution in [1.29, 1.82) is 0 Å². The van der Waals surface area contributed by atoms with E-state index in [9.17, 15) is 0 Å². The summed E-state index contributed by atoms with van der Waals surface area (Å²) in [4.78, 5) is 1.15. The van der Waals surface area contributed by atoms with Gasteiger partial charge in [0.05, 0.1) is 15.3 Å². The molecule has 12 heavy (non-hydrogen) atoms. The Kier molecular flexibility index (Phi) is 2.55. The monoisotopic (exact) mass is 277 g/mol. The van der Waals surface area contributed by atoms with Gasteiger partial charge in [0.1, 0.15) is 0 Å². The summed E-state index contributed by atoms with van der Waals surface area (Å²) in [6.45, 7) is 0. The Morgan fingerprint density at radius 1 is 1.50 bits per heavy atom. The fraction of sp³-hybridized carbons (Fsp3) is 0. The molecule has 0 N–H and O–H groups in total. The molecular formula is C8H3BrClS2. The third kappa shape index (κ3) is 1.46. The van der Waals surface area contributed by atoms with Gasteiger partial charge >= 0.3 is 0 Å². The van der Waals surface area contributed by atoms with Crippen molar-refractivity contribution in [2.75, 3.05) is 0 Å². The van der Waals surface area contributed by atoms with Gasteiger partial charge in [0.25, 0.3) is 0 Å². The summed E-state index contributed by atoms with van der Waals surface area (Å²) in [6.07, 6.45) is 0. The van der Waals surface area contributed by atoms with Crippen LogP contribution in [0, 0.1) is 5.38 Å². The first-order valence-corrected chi connectivity index (χ1v) is 6.10. The predicted octanol–water partition coefficient (Wildman–Crippen LogP) is 4.69. The minimum Gasteiger partial charge on any atom is -0.142 e. The number of hydrogen-bond acceptors (Lipinski definition) is 2. The van der Waals surface area contributed by atoms with Crippen molar-refractivity contribution in [2.45, 2.75) is 0 Å². The molecule has 0 atom stereocenters. The molecule has 2 aromatic rings. The second kappa shape index (κ2) is 3.50. The van der Waals surface area contributed by atoms with Gasteiger partial charge in [-0.15, -0.1) is 22.7 Å². The minimum absolute atomic E-state index is 0.781. The first-order valence-electron chi connectivity index (χ1n) is 3.17. The van der Waals surface area contributed by atoms with E-state index in [1.165, 1.54) is 11.3 Å². The van der Waals surface area contributed by atoms with Crippen LogP contribution in [-0.4, -0.2) is 0 Å². The van der Waals surface area contributed by atoms with Gasteiger partial charge in [-0.25, -0.2) is 0 Å². The first-order chi connectivity index (χ1) is 5.79. The van der Waals surface area contributed by atoms with Crippen molar-refractivity contribution in [3.8, 4) is 10.4 Å². The third-order valence-corrected chi connectivity index (χ3v) is 4.36. The van der Waals surface area contributed by atoms with E-state index in [1.54, 1.807) is 11.3 Å². The highest BCUT2D eigenvalue weighted by molar-refractivity contribution is 9.10. The molecule has 0 aromatic carbocycles. The van der Waals surface area contributed by atoms with Crippen molar-refractivity contribution in [2.24, 2.45) is 0 Å². The molecule has 2 aromatic heterocycles. The Balaban J connectivity index is 2.57. The van der Waals surface area contributed by atoms with Crippen LogP contribution in [0.2, 0.25) is 5.02 Å². The highest BCUT2D eigenvalue weighted by Crippen LogP contribution is 2.38. The standard InChI is InChI=1S/C8H3BrClS2/c9-6-1-2-12-8(6)5-3-11-4-7(5)10/h1-2,4H. The molecule has 0 saturated heterocycles. The molecular weight excluding hydrogens is 276 g/mol. The first kappa shape index (κ1) is 8.75. The predicted molar refractivity (Wildman–Crippen MR) is 59.2 cm³/mol. The van der Waals surface area contributed by atoms with Crippen LogP contribution in [0.5, 0.6) is 0 Å². The van der Waals surface area contributed by atoms with E-state index in [1.807, 2.05) is 16.8 Å². The molecule has 0 bridgehead atoms. The van der Waals surface area contributed by atoms with E-state index >= 15 is 0 Å². The van der Waals surface area contributed by atoms with Gasteiger partial charge in [-0.05, 0) is 27.4 Å². The Bertz CT molecular complexity index is 353. The van der Waals surface area contributed by atoms with E-state index in [2.05, 4.69) is 21.3 Å². The normalized spacial score (nSPS) is 10.5. The summed E-state index contributed by atoms with van der Waals surface area (Å²) in [6, 6.07) is 2.02.